The third kappa shape index (κ3) is 3.76. The maximum absolute atomic E-state index is 12.1. The Bertz CT molecular complexity index is 496. The highest BCUT2D eigenvalue weighted by atomic mass is 16.5. The number of rotatable bonds is 5. The number of nitrogens with one attached hydrogen (secondary N) is 1. The Kier molecular flexibility index (Phi) is 4.76. The van der Waals surface area contributed by atoms with Gasteiger partial charge < -0.3 is 15.0 Å². The first-order valence-electron chi connectivity index (χ1n) is 8.09. The van der Waals surface area contributed by atoms with Gasteiger partial charge in [0.1, 0.15) is 5.75 Å². The highest BCUT2D eigenvalue weighted by Gasteiger charge is 2.15. The molecule has 4 heteroatoms. The Balaban J connectivity index is 1.41. The number of fused-ring (bicyclic) bond motifs is 1. The Morgan fingerprint density at radius 2 is 2.10 bits per heavy atom. The average Bonchev–Trinajstić information content (AvgIpc) is 3.00. The van der Waals surface area contributed by atoms with E-state index in [0.717, 1.165) is 49.4 Å². The van der Waals surface area contributed by atoms with Crippen molar-refractivity contribution in [2.45, 2.75) is 32.1 Å². The topological polar surface area (TPSA) is 41.6 Å². The van der Waals surface area contributed by atoms with Crippen LogP contribution in [0.3, 0.4) is 0 Å². The molecule has 0 bridgehead atoms. The molecule has 0 aliphatic carbocycles. The zero-order valence-corrected chi connectivity index (χ0v) is 12.6. The minimum Gasteiger partial charge on any atom is -0.493 e. The van der Waals surface area contributed by atoms with Crippen LogP contribution in [0.15, 0.2) is 18.2 Å². The van der Waals surface area contributed by atoms with Crippen molar-refractivity contribution >= 4 is 5.91 Å². The van der Waals surface area contributed by atoms with Crippen molar-refractivity contribution in [2.24, 2.45) is 0 Å². The lowest BCUT2D eigenvalue weighted by Crippen LogP contribution is -2.33. The molecule has 2 aliphatic rings. The van der Waals surface area contributed by atoms with Gasteiger partial charge in [0.2, 0.25) is 0 Å². The van der Waals surface area contributed by atoms with Crippen molar-refractivity contribution in [1.82, 2.24) is 10.2 Å². The molecular formula is C17H24N2O2. The summed E-state index contributed by atoms with van der Waals surface area (Å²) in [6, 6.07) is 5.72. The number of hydrogen-bond acceptors (Lipinski definition) is 3. The fraction of sp³-hybridized carbons (Fsp3) is 0.588. The van der Waals surface area contributed by atoms with Gasteiger partial charge in [-0.3, -0.25) is 4.79 Å². The van der Waals surface area contributed by atoms with Crippen LogP contribution in [0.5, 0.6) is 5.75 Å². The Morgan fingerprint density at radius 3 is 2.95 bits per heavy atom. The molecule has 0 unspecified atom stereocenters. The Morgan fingerprint density at radius 1 is 1.24 bits per heavy atom. The van der Waals surface area contributed by atoms with E-state index in [1.165, 1.54) is 32.4 Å². The summed E-state index contributed by atoms with van der Waals surface area (Å²) >= 11 is 0. The second kappa shape index (κ2) is 6.94. The van der Waals surface area contributed by atoms with Crippen molar-refractivity contribution < 1.29 is 9.53 Å². The van der Waals surface area contributed by atoms with Crippen LogP contribution in [0.1, 0.15) is 41.6 Å². The normalized spacial score (nSPS) is 18.1. The minimum absolute atomic E-state index is 0.0309. The summed E-state index contributed by atoms with van der Waals surface area (Å²) < 4.78 is 5.46. The van der Waals surface area contributed by atoms with Crippen LogP contribution in [0.4, 0.5) is 0 Å². The van der Waals surface area contributed by atoms with Crippen molar-refractivity contribution in [3.63, 3.8) is 0 Å². The van der Waals surface area contributed by atoms with Crippen LogP contribution in [-0.4, -0.2) is 43.6 Å². The highest BCUT2D eigenvalue weighted by molar-refractivity contribution is 5.94. The number of amides is 1. The molecule has 1 amide bonds. The molecule has 3 rings (SSSR count). The van der Waals surface area contributed by atoms with Crippen LogP contribution >= 0.6 is 0 Å². The molecule has 1 fully saturated rings. The van der Waals surface area contributed by atoms with Gasteiger partial charge in [-0.05, 0) is 62.7 Å². The summed E-state index contributed by atoms with van der Waals surface area (Å²) in [5.74, 6) is 0.958. The van der Waals surface area contributed by atoms with Gasteiger partial charge in [-0.15, -0.1) is 0 Å². The summed E-state index contributed by atoms with van der Waals surface area (Å²) in [6.45, 7) is 5.02. The lowest BCUT2D eigenvalue weighted by Gasteiger charge is -2.26. The van der Waals surface area contributed by atoms with Crippen molar-refractivity contribution in [3.8, 4) is 5.75 Å². The first-order valence-corrected chi connectivity index (χ1v) is 8.09. The maximum atomic E-state index is 12.1. The van der Waals surface area contributed by atoms with Crippen LogP contribution in [0, 0.1) is 0 Å². The first-order chi connectivity index (χ1) is 10.3. The highest BCUT2D eigenvalue weighted by Crippen LogP contribution is 2.25. The molecule has 0 atom stereocenters. The number of carbonyl (C=O) groups excluding carboxylic acids is 1. The van der Waals surface area contributed by atoms with Gasteiger partial charge in [-0.25, -0.2) is 0 Å². The summed E-state index contributed by atoms with van der Waals surface area (Å²) in [4.78, 5) is 14.6. The second-order valence-corrected chi connectivity index (χ2v) is 5.93. The van der Waals surface area contributed by atoms with E-state index in [-0.39, 0.29) is 5.91 Å². The molecule has 2 heterocycles. The quantitative estimate of drug-likeness (QED) is 0.845. The summed E-state index contributed by atoms with van der Waals surface area (Å²) in [5, 5.41) is 3.02. The van der Waals surface area contributed by atoms with Gasteiger partial charge in [0.25, 0.3) is 5.91 Å². The average molecular weight is 288 g/mol. The summed E-state index contributed by atoms with van der Waals surface area (Å²) in [5.41, 5.74) is 1.90. The third-order valence-corrected chi connectivity index (χ3v) is 4.34. The molecule has 2 aliphatic heterocycles. The van der Waals surface area contributed by atoms with Gasteiger partial charge in [0, 0.05) is 18.5 Å². The Hall–Kier alpha value is -1.55. The predicted molar refractivity (Wildman–Crippen MR) is 82.9 cm³/mol. The van der Waals surface area contributed by atoms with Crippen molar-refractivity contribution in [2.75, 3.05) is 32.8 Å². The summed E-state index contributed by atoms with van der Waals surface area (Å²) in [6.07, 6.45) is 5.95. The van der Waals surface area contributed by atoms with E-state index in [1.807, 2.05) is 18.2 Å². The molecule has 114 valence electrons. The third-order valence-electron chi connectivity index (χ3n) is 4.34. The predicted octanol–water partition coefficient (Wildman–Crippen LogP) is 2.23. The Labute approximate surface area is 126 Å². The fourth-order valence-electron chi connectivity index (χ4n) is 3.12. The molecule has 1 N–H and O–H groups in total. The fourth-order valence-corrected chi connectivity index (χ4v) is 3.12. The number of hydrogen-bond donors (Lipinski definition) is 1. The molecule has 0 saturated carbocycles. The molecule has 21 heavy (non-hydrogen) atoms. The number of nitrogens with zero attached hydrogens (tertiary/aromatic N) is 1. The molecular weight excluding hydrogens is 264 g/mol. The first kappa shape index (κ1) is 14.4. The second-order valence-electron chi connectivity index (χ2n) is 5.93. The van der Waals surface area contributed by atoms with Gasteiger partial charge in [-0.2, -0.15) is 0 Å². The smallest absolute Gasteiger partial charge is 0.251 e. The molecule has 0 spiro atoms. The molecule has 1 saturated heterocycles. The number of likely N-dealkylation sites (tertiary alicyclic amines) is 1. The zero-order valence-electron chi connectivity index (χ0n) is 12.6. The van der Waals surface area contributed by atoms with Crippen LogP contribution in [-0.2, 0) is 6.42 Å². The van der Waals surface area contributed by atoms with Crippen LogP contribution in [0.2, 0.25) is 0 Å². The van der Waals surface area contributed by atoms with E-state index in [1.54, 1.807) is 0 Å². The number of benzene rings is 1. The number of carbonyl (C=O) groups is 1. The maximum Gasteiger partial charge on any atom is 0.251 e. The largest absolute Gasteiger partial charge is 0.493 e. The van der Waals surface area contributed by atoms with E-state index >= 15 is 0 Å². The minimum atomic E-state index is 0.0309. The molecule has 0 radical (unpaired) electrons. The van der Waals surface area contributed by atoms with Gasteiger partial charge in [0.15, 0.2) is 0 Å². The monoisotopic (exact) mass is 288 g/mol. The van der Waals surface area contributed by atoms with Crippen molar-refractivity contribution in [3.05, 3.63) is 29.3 Å². The molecule has 1 aromatic carbocycles. The van der Waals surface area contributed by atoms with Gasteiger partial charge in [0.05, 0.1) is 6.61 Å². The van der Waals surface area contributed by atoms with E-state index in [9.17, 15) is 4.79 Å². The molecule has 0 aromatic heterocycles. The number of piperidine rings is 1. The van der Waals surface area contributed by atoms with E-state index in [2.05, 4.69) is 10.2 Å². The lowest BCUT2D eigenvalue weighted by atomic mass is 10.1. The van der Waals surface area contributed by atoms with E-state index in [4.69, 9.17) is 4.74 Å². The number of ether oxygens (including phenoxy) is 1. The zero-order chi connectivity index (χ0) is 14.5. The van der Waals surface area contributed by atoms with E-state index in [0.29, 0.717) is 0 Å². The molecule has 4 nitrogen and oxygen atoms in total. The van der Waals surface area contributed by atoms with Crippen LogP contribution < -0.4 is 10.1 Å². The van der Waals surface area contributed by atoms with Crippen molar-refractivity contribution in [1.29, 1.82) is 0 Å². The SMILES string of the molecule is O=C(NCCCN1CCCCC1)c1ccc2c(c1)CCO2. The van der Waals surface area contributed by atoms with Gasteiger partial charge >= 0.3 is 0 Å². The van der Waals surface area contributed by atoms with Crippen LogP contribution in [0.25, 0.3) is 0 Å². The van der Waals surface area contributed by atoms with E-state index < -0.39 is 0 Å². The summed E-state index contributed by atoms with van der Waals surface area (Å²) in [7, 11) is 0. The lowest BCUT2D eigenvalue weighted by molar-refractivity contribution is 0.0951. The standard InChI is InChI=1S/C17H24N2O2/c20-17(15-5-6-16-14(13-15)7-12-21-16)18-8-4-11-19-9-2-1-3-10-19/h5-6,13H,1-4,7-12H2,(H,18,20). The van der Waals surface area contributed by atoms with Gasteiger partial charge in [-0.1, -0.05) is 6.42 Å². The molecule has 1 aromatic rings.